The summed E-state index contributed by atoms with van der Waals surface area (Å²) in [5, 5.41) is 20.8. The number of aryl methyl sites for hydroxylation is 1. The van der Waals surface area contributed by atoms with Crippen molar-refractivity contribution in [1.29, 1.82) is 0 Å². The summed E-state index contributed by atoms with van der Waals surface area (Å²) in [5.41, 5.74) is 0.739. The Kier molecular flexibility index (Phi) is 7.08. The SMILES string of the molecule is CCC[C@]1(CO)CCN(C(=O)CCCc2ccc(Cl)cc2)C[C@H]1O. The Labute approximate surface area is 149 Å². The van der Waals surface area contributed by atoms with Gasteiger partial charge in [0, 0.05) is 29.9 Å². The van der Waals surface area contributed by atoms with Gasteiger partial charge in [0.2, 0.25) is 5.91 Å². The first-order chi connectivity index (χ1) is 11.5. The van der Waals surface area contributed by atoms with Gasteiger partial charge in [-0.1, -0.05) is 37.1 Å². The summed E-state index contributed by atoms with van der Waals surface area (Å²) in [4.78, 5) is 14.1. The van der Waals surface area contributed by atoms with Gasteiger partial charge in [0.15, 0.2) is 0 Å². The molecule has 5 heteroatoms. The highest BCUT2D eigenvalue weighted by molar-refractivity contribution is 6.30. The zero-order chi connectivity index (χ0) is 17.6. The van der Waals surface area contributed by atoms with E-state index in [-0.39, 0.29) is 12.5 Å². The number of β-amino-alcohol motifs (C(OH)–C–C–N with tert-alkyl or cyclic N) is 1. The molecule has 1 aliphatic rings. The number of likely N-dealkylation sites (tertiary alicyclic amines) is 1. The van der Waals surface area contributed by atoms with E-state index >= 15 is 0 Å². The first-order valence-corrected chi connectivity index (χ1v) is 9.19. The summed E-state index contributed by atoms with van der Waals surface area (Å²) < 4.78 is 0. The summed E-state index contributed by atoms with van der Waals surface area (Å²) in [6.07, 6.45) is 3.85. The zero-order valence-electron chi connectivity index (χ0n) is 14.4. The van der Waals surface area contributed by atoms with E-state index in [4.69, 9.17) is 11.6 Å². The Morgan fingerprint density at radius 1 is 1.38 bits per heavy atom. The number of piperidine rings is 1. The first-order valence-electron chi connectivity index (χ1n) is 8.82. The second kappa shape index (κ2) is 8.84. The summed E-state index contributed by atoms with van der Waals surface area (Å²) in [6, 6.07) is 7.69. The molecule has 0 spiro atoms. The van der Waals surface area contributed by atoms with E-state index in [0.717, 1.165) is 30.7 Å². The van der Waals surface area contributed by atoms with Gasteiger partial charge in [0.1, 0.15) is 0 Å². The van der Waals surface area contributed by atoms with Gasteiger partial charge in [0.05, 0.1) is 12.7 Å². The maximum atomic E-state index is 12.4. The molecule has 0 aliphatic carbocycles. The topological polar surface area (TPSA) is 60.8 Å². The van der Waals surface area contributed by atoms with Gasteiger partial charge in [-0.15, -0.1) is 0 Å². The maximum Gasteiger partial charge on any atom is 0.222 e. The fraction of sp³-hybridized carbons (Fsp3) is 0.632. The van der Waals surface area contributed by atoms with E-state index in [1.54, 1.807) is 4.90 Å². The molecule has 1 amide bonds. The Morgan fingerprint density at radius 3 is 2.67 bits per heavy atom. The third kappa shape index (κ3) is 4.71. The number of aliphatic hydroxyl groups is 2. The number of hydrogen-bond acceptors (Lipinski definition) is 3. The average molecular weight is 354 g/mol. The number of hydrogen-bond donors (Lipinski definition) is 2. The van der Waals surface area contributed by atoms with Crippen LogP contribution in [-0.2, 0) is 11.2 Å². The monoisotopic (exact) mass is 353 g/mol. The number of amides is 1. The lowest BCUT2D eigenvalue weighted by Crippen LogP contribution is -2.54. The van der Waals surface area contributed by atoms with Crippen LogP contribution in [-0.4, -0.2) is 46.8 Å². The lowest BCUT2D eigenvalue weighted by Gasteiger charge is -2.44. The smallest absolute Gasteiger partial charge is 0.222 e. The molecule has 1 aliphatic heterocycles. The van der Waals surface area contributed by atoms with Crippen LogP contribution in [0.5, 0.6) is 0 Å². The van der Waals surface area contributed by atoms with Crippen molar-refractivity contribution in [2.45, 2.75) is 51.6 Å². The van der Waals surface area contributed by atoms with Gasteiger partial charge in [-0.25, -0.2) is 0 Å². The number of carbonyl (C=O) groups excluding carboxylic acids is 1. The number of nitrogens with zero attached hydrogens (tertiary/aromatic N) is 1. The van der Waals surface area contributed by atoms with Crippen LogP contribution in [0.25, 0.3) is 0 Å². The minimum Gasteiger partial charge on any atom is -0.396 e. The van der Waals surface area contributed by atoms with Crippen molar-refractivity contribution < 1.29 is 15.0 Å². The quantitative estimate of drug-likeness (QED) is 0.792. The molecule has 0 aromatic heterocycles. The van der Waals surface area contributed by atoms with E-state index in [2.05, 4.69) is 6.92 Å². The lowest BCUT2D eigenvalue weighted by atomic mass is 9.73. The summed E-state index contributed by atoms with van der Waals surface area (Å²) in [7, 11) is 0. The highest BCUT2D eigenvalue weighted by Gasteiger charge is 2.41. The van der Waals surface area contributed by atoms with Crippen LogP contribution in [0, 0.1) is 5.41 Å². The average Bonchev–Trinajstić information content (AvgIpc) is 2.58. The Hall–Kier alpha value is -1.10. The molecule has 134 valence electrons. The molecule has 0 radical (unpaired) electrons. The number of benzene rings is 1. The van der Waals surface area contributed by atoms with Gasteiger partial charge in [0.25, 0.3) is 0 Å². The van der Waals surface area contributed by atoms with E-state index in [1.807, 2.05) is 24.3 Å². The van der Waals surface area contributed by atoms with Crippen molar-refractivity contribution >= 4 is 17.5 Å². The van der Waals surface area contributed by atoms with Gasteiger partial charge < -0.3 is 15.1 Å². The molecule has 1 saturated heterocycles. The Morgan fingerprint density at radius 2 is 2.08 bits per heavy atom. The molecule has 1 aromatic rings. The third-order valence-corrected chi connectivity index (χ3v) is 5.42. The number of carbonyl (C=O) groups is 1. The van der Waals surface area contributed by atoms with Gasteiger partial charge in [-0.3, -0.25) is 4.79 Å². The predicted molar refractivity (Wildman–Crippen MR) is 96.0 cm³/mol. The van der Waals surface area contributed by atoms with Crippen LogP contribution in [0.1, 0.15) is 44.6 Å². The number of halogens is 1. The van der Waals surface area contributed by atoms with Gasteiger partial charge >= 0.3 is 0 Å². The molecule has 1 heterocycles. The minimum atomic E-state index is -0.642. The van der Waals surface area contributed by atoms with Crippen LogP contribution in [0.15, 0.2) is 24.3 Å². The fourth-order valence-electron chi connectivity index (χ4n) is 3.55. The van der Waals surface area contributed by atoms with Gasteiger partial charge in [-0.2, -0.15) is 0 Å². The first kappa shape index (κ1) is 19.2. The number of aliphatic hydroxyl groups excluding tert-OH is 2. The second-order valence-corrected chi connectivity index (χ2v) is 7.29. The van der Waals surface area contributed by atoms with Crippen LogP contribution >= 0.6 is 11.6 Å². The molecule has 1 fully saturated rings. The van der Waals surface area contributed by atoms with Crippen LogP contribution in [0.3, 0.4) is 0 Å². The largest absolute Gasteiger partial charge is 0.396 e. The van der Waals surface area contributed by atoms with Gasteiger partial charge in [-0.05, 0) is 43.4 Å². The van der Waals surface area contributed by atoms with Crippen molar-refractivity contribution in [3.05, 3.63) is 34.9 Å². The summed E-state index contributed by atoms with van der Waals surface area (Å²) >= 11 is 5.87. The van der Waals surface area contributed by atoms with E-state index in [1.165, 1.54) is 5.56 Å². The summed E-state index contributed by atoms with van der Waals surface area (Å²) in [5.74, 6) is 0.0889. The van der Waals surface area contributed by atoms with E-state index < -0.39 is 11.5 Å². The normalized spacial score (nSPS) is 24.2. The number of rotatable bonds is 7. The molecule has 2 rings (SSSR count). The molecule has 0 bridgehead atoms. The highest BCUT2D eigenvalue weighted by Crippen LogP contribution is 2.36. The minimum absolute atomic E-state index is 0.0133. The molecule has 4 nitrogen and oxygen atoms in total. The molecule has 2 atom stereocenters. The van der Waals surface area contributed by atoms with Crippen molar-refractivity contribution in [2.75, 3.05) is 19.7 Å². The van der Waals surface area contributed by atoms with Crippen LogP contribution in [0.2, 0.25) is 5.02 Å². The predicted octanol–water partition coefficient (Wildman–Crippen LogP) is 3.03. The van der Waals surface area contributed by atoms with Crippen molar-refractivity contribution in [2.24, 2.45) is 5.41 Å². The third-order valence-electron chi connectivity index (χ3n) is 5.16. The fourth-order valence-corrected chi connectivity index (χ4v) is 3.68. The molecular weight excluding hydrogens is 326 g/mol. The van der Waals surface area contributed by atoms with Crippen LogP contribution < -0.4 is 0 Å². The standard InChI is InChI=1S/C19H28ClNO3/c1-2-10-19(14-22)11-12-21(13-17(19)23)18(24)5-3-4-15-6-8-16(20)9-7-15/h6-9,17,22-23H,2-5,10-14H2,1H3/t17-,19-/m1/s1. The Bertz CT molecular complexity index is 534. The zero-order valence-corrected chi connectivity index (χ0v) is 15.1. The van der Waals surface area contributed by atoms with Crippen molar-refractivity contribution in [1.82, 2.24) is 4.90 Å². The highest BCUT2D eigenvalue weighted by atomic mass is 35.5. The maximum absolute atomic E-state index is 12.4. The van der Waals surface area contributed by atoms with Crippen molar-refractivity contribution in [3.8, 4) is 0 Å². The second-order valence-electron chi connectivity index (χ2n) is 6.86. The Balaban J connectivity index is 1.80. The van der Waals surface area contributed by atoms with E-state index in [9.17, 15) is 15.0 Å². The van der Waals surface area contributed by atoms with Crippen LogP contribution in [0.4, 0.5) is 0 Å². The van der Waals surface area contributed by atoms with Crippen molar-refractivity contribution in [3.63, 3.8) is 0 Å². The summed E-state index contributed by atoms with van der Waals surface area (Å²) in [6.45, 7) is 3.00. The van der Waals surface area contributed by atoms with E-state index in [0.29, 0.717) is 25.9 Å². The molecule has 0 saturated carbocycles. The molecular formula is C19H28ClNO3. The molecule has 0 unspecified atom stereocenters. The molecule has 24 heavy (non-hydrogen) atoms. The molecule has 2 N–H and O–H groups in total. The molecule has 1 aromatic carbocycles. The lowest BCUT2D eigenvalue weighted by molar-refractivity contribution is -0.142.